The first-order chi connectivity index (χ1) is 14.1. The first-order valence-electron chi connectivity index (χ1n) is 10.2. The van der Waals surface area contributed by atoms with E-state index in [4.69, 9.17) is 0 Å². The first-order valence-corrected chi connectivity index (χ1v) is 10.2. The van der Waals surface area contributed by atoms with E-state index in [1.165, 1.54) is 11.0 Å². The molecule has 2 amide bonds. The number of amides is 2. The minimum Gasteiger partial charge on any atom is -0.325 e. The van der Waals surface area contributed by atoms with E-state index in [1.807, 2.05) is 18.3 Å². The highest BCUT2D eigenvalue weighted by Crippen LogP contribution is 2.28. The summed E-state index contributed by atoms with van der Waals surface area (Å²) in [7, 11) is 0. The largest absolute Gasteiger partial charge is 0.325 e. The Morgan fingerprint density at radius 1 is 1.21 bits per heavy atom. The van der Waals surface area contributed by atoms with Crippen molar-refractivity contribution in [3.8, 4) is 0 Å². The van der Waals surface area contributed by atoms with E-state index in [0.29, 0.717) is 25.2 Å². The molecule has 3 heterocycles. The van der Waals surface area contributed by atoms with Crippen molar-refractivity contribution in [2.75, 3.05) is 23.3 Å². The van der Waals surface area contributed by atoms with E-state index in [1.54, 1.807) is 18.3 Å². The van der Waals surface area contributed by atoms with Crippen molar-refractivity contribution in [3.05, 3.63) is 54.1 Å². The number of aromatic nitrogens is 1. The van der Waals surface area contributed by atoms with Crippen molar-refractivity contribution in [2.45, 2.75) is 44.7 Å². The molecule has 1 aromatic carbocycles. The Hall–Kier alpha value is -2.80. The van der Waals surface area contributed by atoms with Gasteiger partial charge in [-0.3, -0.25) is 19.5 Å². The molecule has 0 radical (unpaired) electrons. The van der Waals surface area contributed by atoms with Crippen LogP contribution < -0.4 is 10.2 Å². The normalized spacial score (nSPS) is 20.1. The lowest BCUT2D eigenvalue weighted by atomic mass is 10.0. The zero-order chi connectivity index (χ0) is 20.2. The Balaban J connectivity index is 1.48. The predicted octanol–water partition coefficient (Wildman–Crippen LogP) is 3.34. The fourth-order valence-electron chi connectivity index (χ4n) is 4.13. The highest BCUT2D eigenvalue weighted by Gasteiger charge is 2.29. The number of nitrogens with one attached hydrogen (secondary N) is 1. The summed E-state index contributed by atoms with van der Waals surface area (Å²) in [5.41, 5.74) is 1.82. The van der Waals surface area contributed by atoms with Crippen molar-refractivity contribution in [1.29, 1.82) is 0 Å². The Morgan fingerprint density at radius 3 is 2.86 bits per heavy atom. The van der Waals surface area contributed by atoms with Gasteiger partial charge in [0.1, 0.15) is 5.82 Å². The molecule has 0 saturated carbocycles. The van der Waals surface area contributed by atoms with Gasteiger partial charge in [-0.05, 0) is 55.6 Å². The molecule has 29 heavy (non-hydrogen) atoms. The van der Waals surface area contributed by atoms with Gasteiger partial charge in [0.15, 0.2) is 0 Å². The maximum Gasteiger partial charge on any atom is 0.241 e. The quantitative estimate of drug-likeness (QED) is 0.842. The Morgan fingerprint density at radius 2 is 2.10 bits per heavy atom. The van der Waals surface area contributed by atoms with Crippen LogP contribution in [0.2, 0.25) is 0 Å². The monoisotopic (exact) mass is 396 g/mol. The van der Waals surface area contributed by atoms with Gasteiger partial charge in [0.25, 0.3) is 0 Å². The summed E-state index contributed by atoms with van der Waals surface area (Å²) in [6, 6.07) is 8.08. The summed E-state index contributed by atoms with van der Waals surface area (Å²) in [5.74, 6) is -0.629. The number of carbonyl (C=O) groups excluding carboxylic acids is 2. The standard InChI is InChI=1S/C22H25FN4O2/c23-18-9-8-17(13-20(18)27-12-4-7-21(27)28)25-22(29)19-6-1-2-11-26(19)15-16-5-3-10-24-14-16/h3,5,8-10,13-14,19H,1-2,4,6-7,11-12,15H2,(H,25,29)/t19-/m0/s1. The van der Waals surface area contributed by atoms with Crippen molar-refractivity contribution in [3.63, 3.8) is 0 Å². The summed E-state index contributed by atoms with van der Waals surface area (Å²) in [4.78, 5) is 32.8. The van der Waals surface area contributed by atoms with Gasteiger partial charge in [0, 0.05) is 37.6 Å². The zero-order valence-corrected chi connectivity index (χ0v) is 16.3. The van der Waals surface area contributed by atoms with Gasteiger partial charge in [0.05, 0.1) is 11.7 Å². The van der Waals surface area contributed by atoms with Crippen molar-refractivity contribution in [2.24, 2.45) is 0 Å². The van der Waals surface area contributed by atoms with Crippen LogP contribution in [0.5, 0.6) is 0 Å². The van der Waals surface area contributed by atoms with E-state index in [2.05, 4.69) is 15.2 Å². The number of hydrogen-bond acceptors (Lipinski definition) is 4. The third kappa shape index (κ3) is 4.45. The van der Waals surface area contributed by atoms with Crippen LogP contribution in [-0.2, 0) is 16.1 Å². The number of benzene rings is 1. The smallest absolute Gasteiger partial charge is 0.241 e. The molecule has 7 heteroatoms. The van der Waals surface area contributed by atoms with Gasteiger partial charge in [-0.15, -0.1) is 0 Å². The SMILES string of the molecule is O=C(Nc1ccc(F)c(N2CCCC2=O)c1)[C@@H]1CCCCN1Cc1cccnc1. The van der Waals surface area contributed by atoms with Crippen LogP contribution in [-0.4, -0.2) is 40.8 Å². The van der Waals surface area contributed by atoms with Crippen molar-refractivity contribution >= 4 is 23.2 Å². The van der Waals surface area contributed by atoms with Crippen LogP contribution in [0.4, 0.5) is 15.8 Å². The third-order valence-electron chi connectivity index (χ3n) is 5.60. The number of halogens is 1. The van der Waals surface area contributed by atoms with E-state index in [-0.39, 0.29) is 23.5 Å². The number of anilines is 2. The van der Waals surface area contributed by atoms with E-state index in [0.717, 1.165) is 37.8 Å². The Kier molecular flexibility index (Phi) is 5.85. The molecule has 1 aromatic heterocycles. The molecule has 2 aromatic rings. The van der Waals surface area contributed by atoms with Gasteiger partial charge in [0.2, 0.25) is 11.8 Å². The van der Waals surface area contributed by atoms with Gasteiger partial charge in [-0.25, -0.2) is 4.39 Å². The number of hydrogen-bond donors (Lipinski definition) is 1. The number of piperidine rings is 1. The molecular formula is C22H25FN4O2. The Labute approximate surface area is 169 Å². The number of pyridine rings is 1. The summed E-state index contributed by atoms with van der Waals surface area (Å²) < 4.78 is 14.3. The van der Waals surface area contributed by atoms with Crippen LogP contribution in [0.3, 0.4) is 0 Å². The molecule has 1 atom stereocenters. The first kappa shape index (κ1) is 19.5. The lowest BCUT2D eigenvalue weighted by Gasteiger charge is -2.34. The van der Waals surface area contributed by atoms with Gasteiger partial charge in [-0.1, -0.05) is 12.5 Å². The number of carbonyl (C=O) groups is 2. The van der Waals surface area contributed by atoms with E-state index in [9.17, 15) is 14.0 Å². The molecule has 0 bridgehead atoms. The molecule has 0 spiro atoms. The molecule has 6 nitrogen and oxygen atoms in total. The minimum absolute atomic E-state index is 0.0812. The number of likely N-dealkylation sites (tertiary alicyclic amines) is 1. The average Bonchev–Trinajstić information content (AvgIpc) is 3.16. The van der Waals surface area contributed by atoms with Crippen LogP contribution in [0, 0.1) is 5.82 Å². The summed E-state index contributed by atoms with van der Waals surface area (Å²) in [5, 5.41) is 2.93. The molecule has 4 rings (SSSR count). The molecule has 2 aliphatic heterocycles. The molecule has 2 aliphatic rings. The Bertz CT molecular complexity index is 890. The van der Waals surface area contributed by atoms with Crippen LogP contribution in [0.25, 0.3) is 0 Å². The highest BCUT2D eigenvalue weighted by molar-refractivity contribution is 5.98. The fourth-order valence-corrected chi connectivity index (χ4v) is 4.13. The maximum atomic E-state index is 14.3. The molecule has 0 unspecified atom stereocenters. The van der Waals surface area contributed by atoms with Crippen LogP contribution in [0.1, 0.15) is 37.7 Å². The molecule has 2 saturated heterocycles. The van der Waals surface area contributed by atoms with Gasteiger partial charge < -0.3 is 10.2 Å². The minimum atomic E-state index is -0.450. The molecule has 2 fully saturated rings. The summed E-state index contributed by atoms with van der Waals surface area (Å²) in [6.45, 7) is 2.03. The fraction of sp³-hybridized carbons (Fsp3) is 0.409. The average molecular weight is 396 g/mol. The second-order valence-corrected chi connectivity index (χ2v) is 7.65. The molecule has 1 N–H and O–H groups in total. The highest BCUT2D eigenvalue weighted by atomic mass is 19.1. The third-order valence-corrected chi connectivity index (χ3v) is 5.60. The van der Waals surface area contributed by atoms with Gasteiger partial charge >= 0.3 is 0 Å². The molecule has 152 valence electrons. The van der Waals surface area contributed by atoms with Crippen molar-refractivity contribution in [1.82, 2.24) is 9.88 Å². The summed E-state index contributed by atoms with van der Waals surface area (Å²) >= 11 is 0. The predicted molar refractivity (Wildman–Crippen MR) is 109 cm³/mol. The summed E-state index contributed by atoms with van der Waals surface area (Å²) in [6.07, 6.45) is 7.55. The van der Waals surface area contributed by atoms with E-state index >= 15 is 0 Å². The number of nitrogens with zero attached hydrogens (tertiary/aromatic N) is 3. The van der Waals surface area contributed by atoms with E-state index < -0.39 is 5.82 Å². The van der Waals surface area contributed by atoms with Crippen LogP contribution in [0.15, 0.2) is 42.7 Å². The van der Waals surface area contributed by atoms with Crippen LogP contribution >= 0.6 is 0 Å². The lowest BCUT2D eigenvalue weighted by molar-refractivity contribution is -0.122. The second-order valence-electron chi connectivity index (χ2n) is 7.65. The number of rotatable bonds is 5. The maximum absolute atomic E-state index is 14.3. The zero-order valence-electron chi connectivity index (χ0n) is 16.3. The van der Waals surface area contributed by atoms with Gasteiger partial charge in [-0.2, -0.15) is 0 Å². The van der Waals surface area contributed by atoms with Crippen molar-refractivity contribution < 1.29 is 14.0 Å². The lowest BCUT2D eigenvalue weighted by Crippen LogP contribution is -2.46. The topological polar surface area (TPSA) is 65.5 Å². The molecule has 0 aliphatic carbocycles. The second kappa shape index (κ2) is 8.69. The molecular weight excluding hydrogens is 371 g/mol.